The molecule has 0 N–H and O–H groups in total. The molecule has 0 unspecified atom stereocenters. The normalized spacial score (nSPS) is 12.8. The number of nitrogens with zero attached hydrogens (tertiary/aromatic N) is 5. The van der Waals surface area contributed by atoms with Crippen LogP contribution in [-0.2, 0) is 25.8 Å². The molecule has 3 heterocycles. The lowest BCUT2D eigenvalue weighted by molar-refractivity contribution is 0.715. The molecule has 33 heavy (non-hydrogen) atoms. The van der Waals surface area contributed by atoms with Crippen LogP contribution in [0.2, 0.25) is 0 Å². The molecule has 2 aromatic carbocycles. The lowest BCUT2D eigenvalue weighted by atomic mass is 10.0. The van der Waals surface area contributed by atoms with Crippen LogP contribution in [-0.4, -0.2) is 21.1 Å². The van der Waals surface area contributed by atoms with Gasteiger partial charge < -0.3 is 9.47 Å². The lowest BCUT2D eigenvalue weighted by Crippen LogP contribution is -2.18. The molecule has 5 nitrogen and oxygen atoms in total. The number of aryl methyl sites for hydroxylation is 5. The van der Waals surface area contributed by atoms with E-state index in [-0.39, 0.29) is 0 Å². The molecule has 5 rings (SSSR count). The highest BCUT2D eigenvalue weighted by Gasteiger charge is 2.21. The number of anilines is 2. The molecule has 0 spiro atoms. The van der Waals surface area contributed by atoms with Gasteiger partial charge in [0.2, 0.25) is 0 Å². The summed E-state index contributed by atoms with van der Waals surface area (Å²) in [6.45, 7) is 7.46. The monoisotopic (exact) mass is 435 g/mol. The molecule has 0 aliphatic carbocycles. The van der Waals surface area contributed by atoms with E-state index in [0.717, 1.165) is 66.3 Å². The van der Waals surface area contributed by atoms with Crippen LogP contribution in [0.3, 0.4) is 0 Å². The van der Waals surface area contributed by atoms with Crippen molar-refractivity contribution in [1.82, 2.24) is 14.5 Å². The summed E-state index contributed by atoms with van der Waals surface area (Å²) in [7, 11) is 0. The van der Waals surface area contributed by atoms with Gasteiger partial charge in [-0.2, -0.15) is 5.26 Å². The fourth-order valence-corrected chi connectivity index (χ4v) is 5.04. The minimum Gasteiger partial charge on any atom is -0.327 e. The molecule has 0 bridgehead atoms. The highest BCUT2D eigenvalue weighted by molar-refractivity contribution is 5.76. The molecular weight excluding hydrogens is 406 g/mol. The Kier molecular flexibility index (Phi) is 5.60. The molecule has 1 aliphatic rings. The molecule has 2 aromatic heterocycles. The second-order valence-electron chi connectivity index (χ2n) is 8.95. The van der Waals surface area contributed by atoms with E-state index in [9.17, 15) is 5.26 Å². The maximum absolute atomic E-state index is 9.50. The fourth-order valence-electron chi connectivity index (χ4n) is 5.04. The Morgan fingerprint density at radius 3 is 2.58 bits per heavy atom. The first kappa shape index (κ1) is 21.2. The Hall–Kier alpha value is -3.65. The Morgan fingerprint density at radius 1 is 0.970 bits per heavy atom. The number of nitriles is 1. The first-order chi connectivity index (χ1) is 16.1. The molecule has 0 fully saturated rings. The first-order valence-electron chi connectivity index (χ1n) is 11.8. The van der Waals surface area contributed by atoms with Gasteiger partial charge >= 0.3 is 0 Å². The second kappa shape index (κ2) is 8.71. The topological polar surface area (TPSA) is 57.7 Å². The molecule has 4 aromatic rings. The molecule has 5 heteroatoms. The van der Waals surface area contributed by atoms with Crippen LogP contribution >= 0.6 is 0 Å². The third-order valence-corrected chi connectivity index (χ3v) is 6.52. The number of pyridine rings is 1. The number of fused-ring (bicyclic) bond motifs is 3. The molecule has 0 radical (unpaired) electrons. The number of para-hydroxylation sites is 1. The number of aromatic nitrogens is 3. The van der Waals surface area contributed by atoms with Gasteiger partial charge in [-0.1, -0.05) is 37.3 Å². The van der Waals surface area contributed by atoms with Crippen LogP contribution in [0.1, 0.15) is 47.1 Å². The van der Waals surface area contributed by atoms with Crippen molar-refractivity contribution >= 4 is 22.5 Å². The third kappa shape index (κ3) is 3.87. The molecule has 1 aliphatic heterocycles. The highest BCUT2D eigenvalue weighted by atomic mass is 15.1. The van der Waals surface area contributed by atoms with Crippen molar-refractivity contribution in [3.05, 3.63) is 82.3 Å². The SMILES string of the molecule is CCCc1nc2c(C)cc(C)nc2n1Cc1ccc2c(c1)CCc1ccccc1N2CC#N. The van der Waals surface area contributed by atoms with Crippen molar-refractivity contribution in [3.8, 4) is 6.07 Å². The zero-order chi connectivity index (χ0) is 22.9. The van der Waals surface area contributed by atoms with Crippen LogP contribution in [0.15, 0.2) is 48.5 Å². The van der Waals surface area contributed by atoms with Gasteiger partial charge in [-0.25, -0.2) is 9.97 Å². The van der Waals surface area contributed by atoms with E-state index in [2.05, 4.69) is 77.9 Å². The van der Waals surface area contributed by atoms with E-state index in [0.29, 0.717) is 6.54 Å². The second-order valence-corrected chi connectivity index (χ2v) is 8.95. The van der Waals surface area contributed by atoms with Crippen molar-refractivity contribution in [3.63, 3.8) is 0 Å². The summed E-state index contributed by atoms with van der Waals surface area (Å²) in [6.07, 6.45) is 3.92. The minimum absolute atomic E-state index is 0.346. The Labute approximate surface area is 195 Å². The molecule has 0 amide bonds. The van der Waals surface area contributed by atoms with Crippen molar-refractivity contribution in [1.29, 1.82) is 5.26 Å². The van der Waals surface area contributed by atoms with Crippen LogP contribution in [0.5, 0.6) is 0 Å². The van der Waals surface area contributed by atoms with Crippen molar-refractivity contribution in [2.75, 3.05) is 11.4 Å². The average molecular weight is 436 g/mol. The molecular formula is C28H29N5. The van der Waals surface area contributed by atoms with Crippen LogP contribution in [0.4, 0.5) is 11.4 Å². The average Bonchev–Trinajstić information content (AvgIpc) is 3.05. The van der Waals surface area contributed by atoms with Gasteiger partial charge in [0.15, 0.2) is 5.65 Å². The number of imidazole rings is 1. The van der Waals surface area contributed by atoms with E-state index in [1.54, 1.807) is 0 Å². The van der Waals surface area contributed by atoms with Crippen LogP contribution < -0.4 is 4.90 Å². The quantitative estimate of drug-likeness (QED) is 0.371. The Morgan fingerprint density at radius 2 is 1.76 bits per heavy atom. The van der Waals surface area contributed by atoms with Crippen molar-refractivity contribution in [2.24, 2.45) is 0 Å². The third-order valence-electron chi connectivity index (χ3n) is 6.52. The van der Waals surface area contributed by atoms with Gasteiger partial charge in [0.05, 0.1) is 12.6 Å². The van der Waals surface area contributed by atoms with E-state index >= 15 is 0 Å². The summed E-state index contributed by atoms with van der Waals surface area (Å²) in [4.78, 5) is 12.0. The van der Waals surface area contributed by atoms with E-state index in [1.165, 1.54) is 22.3 Å². The zero-order valence-electron chi connectivity index (χ0n) is 19.6. The summed E-state index contributed by atoms with van der Waals surface area (Å²) >= 11 is 0. The van der Waals surface area contributed by atoms with Gasteiger partial charge in [0, 0.05) is 23.5 Å². The van der Waals surface area contributed by atoms with E-state index in [4.69, 9.17) is 9.97 Å². The van der Waals surface area contributed by atoms with Gasteiger partial charge in [-0.15, -0.1) is 0 Å². The van der Waals surface area contributed by atoms with Gasteiger partial charge in [0.1, 0.15) is 17.9 Å². The standard InChI is InChI=1S/C28H29N5/c1-4-7-26-31-27-19(2)16-20(3)30-28(27)33(26)18-21-10-13-25-23(17-21)12-11-22-8-5-6-9-24(22)32(25)15-14-29/h5-6,8-10,13,16-17H,4,7,11-12,15,18H2,1-3H3. The van der Waals surface area contributed by atoms with Crippen LogP contribution in [0.25, 0.3) is 11.2 Å². The van der Waals surface area contributed by atoms with Gasteiger partial charge in [-0.3, -0.25) is 0 Å². The molecule has 0 atom stereocenters. The maximum Gasteiger partial charge on any atom is 0.160 e. The van der Waals surface area contributed by atoms with Crippen LogP contribution in [0, 0.1) is 25.2 Å². The Bertz CT molecular complexity index is 1380. The molecule has 166 valence electrons. The smallest absolute Gasteiger partial charge is 0.160 e. The van der Waals surface area contributed by atoms with Crippen molar-refractivity contribution < 1.29 is 0 Å². The summed E-state index contributed by atoms with van der Waals surface area (Å²) in [5.74, 6) is 1.10. The first-order valence-corrected chi connectivity index (χ1v) is 11.8. The number of hydrogen-bond acceptors (Lipinski definition) is 4. The summed E-state index contributed by atoms with van der Waals surface area (Å²) in [5, 5.41) is 9.50. The lowest BCUT2D eigenvalue weighted by Gasteiger charge is -2.24. The number of hydrogen-bond donors (Lipinski definition) is 0. The van der Waals surface area contributed by atoms with Gasteiger partial charge in [0.25, 0.3) is 0 Å². The van der Waals surface area contributed by atoms with E-state index < -0.39 is 0 Å². The summed E-state index contributed by atoms with van der Waals surface area (Å²) < 4.78 is 2.29. The predicted octanol–water partition coefficient (Wildman–Crippen LogP) is 5.81. The molecule has 0 saturated carbocycles. The highest BCUT2D eigenvalue weighted by Crippen LogP contribution is 2.36. The number of benzene rings is 2. The maximum atomic E-state index is 9.50. The Balaban J connectivity index is 1.57. The predicted molar refractivity (Wildman–Crippen MR) is 133 cm³/mol. The fraction of sp³-hybridized carbons (Fsp3) is 0.321. The zero-order valence-corrected chi connectivity index (χ0v) is 19.6. The summed E-state index contributed by atoms with van der Waals surface area (Å²) in [5.41, 5.74) is 10.3. The largest absolute Gasteiger partial charge is 0.327 e. The van der Waals surface area contributed by atoms with E-state index in [1.807, 2.05) is 6.92 Å². The number of rotatable bonds is 5. The molecule has 0 saturated heterocycles. The summed E-state index contributed by atoms with van der Waals surface area (Å²) in [6, 6.07) is 19.6. The van der Waals surface area contributed by atoms with Crippen molar-refractivity contribution in [2.45, 2.75) is 53.0 Å². The van der Waals surface area contributed by atoms with Gasteiger partial charge in [-0.05, 0) is 73.6 Å². The minimum atomic E-state index is 0.346.